The Morgan fingerprint density at radius 1 is 1.26 bits per heavy atom. The molecular formula is C24H30N6O8S. The van der Waals surface area contributed by atoms with E-state index in [9.17, 15) is 20.2 Å². The van der Waals surface area contributed by atoms with Gasteiger partial charge in [-0.15, -0.1) is 16.9 Å². The highest BCUT2D eigenvalue weighted by Gasteiger charge is 2.50. The highest BCUT2D eigenvalue weighted by molar-refractivity contribution is 8.00. The van der Waals surface area contributed by atoms with Gasteiger partial charge in [-0.25, -0.2) is 4.68 Å². The first-order valence-electron chi connectivity index (χ1n) is 12.2. The Bertz CT molecular complexity index is 1180. The molecule has 15 heteroatoms. The minimum absolute atomic E-state index is 0.195. The Kier molecular flexibility index (Phi) is 9.78. The summed E-state index contributed by atoms with van der Waals surface area (Å²) in [6, 6.07) is 8.01. The van der Waals surface area contributed by atoms with Gasteiger partial charge in [0, 0.05) is 24.5 Å². The van der Waals surface area contributed by atoms with E-state index in [2.05, 4.69) is 20.3 Å². The quantitative estimate of drug-likeness (QED) is 0.204. The van der Waals surface area contributed by atoms with Crippen LogP contribution in [0.1, 0.15) is 19.4 Å². The van der Waals surface area contributed by atoms with Gasteiger partial charge in [-0.1, -0.05) is 40.7 Å². The average molecular weight is 563 g/mol. The lowest BCUT2D eigenvalue weighted by Gasteiger charge is -2.45. The number of hydrogen-bond donors (Lipinski definition) is 1. The van der Waals surface area contributed by atoms with E-state index in [-0.39, 0.29) is 19.6 Å². The number of thioether (sulfide) groups is 1. The molecule has 14 nitrogen and oxygen atoms in total. The number of aliphatic hydroxyl groups is 1. The molecule has 0 spiro atoms. The summed E-state index contributed by atoms with van der Waals surface area (Å²) in [4.78, 5) is 26.8. The van der Waals surface area contributed by atoms with Crippen molar-refractivity contribution < 1.29 is 38.4 Å². The van der Waals surface area contributed by atoms with E-state index in [0.717, 1.165) is 5.56 Å². The van der Waals surface area contributed by atoms with Gasteiger partial charge in [-0.05, 0) is 5.53 Å². The van der Waals surface area contributed by atoms with E-state index in [0.29, 0.717) is 5.69 Å². The van der Waals surface area contributed by atoms with Crippen molar-refractivity contribution in [3.63, 3.8) is 0 Å². The fourth-order valence-electron chi connectivity index (χ4n) is 4.65. The molecule has 2 aromatic rings. The second-order valence-electron chi connectivity index (χ2n) is 9.01. The van der Waals surface area contributed by atoms with Gasteiger partial charge in [0.1, 0.15) is 41.5 Å². The van der Waals surface area contributed by atoms with Crippen molar-refractivity contribution in [2.45, 2.75) is 60.5 Å². The van der Waals surface area contributed by atoms with Crippen LogP contribution in [0, 0.1) is 0 Å². The van der Waals surface area contributed by atoms with Gasteiger partial charge < -0.3 is 28.8 Å². The molecule has 0 amide bonds. The Hall–Kier alpha value is -3.20. The van der Waals surface area contributed by atoms with Gasteiger partial charge in [0.25, 0.3) is 0 Å². The van der Waals surface area contributed by atoms with Gasteiger partial charge in [-0.3, -0.25) is 9.59 Å². The SMILES string of the molecule is COC(=O)C[C@H]1O[C@@H](S[C@@H]2COC[C@H](n3cc(-c4ccccc4)nn3)[C@H]2O)[C@H](OC)[C@@H](N=[N+]=[N-])[C@H]1OC(C)=O. The number of carbonyl (C=O) groups excluding carboxylic acids is 2. The molecule has 39 heavy (non-hydrogen) atoms. The third-order valence-electron chi connectivity index (χ3n) is 6.55. The Balaban J connectivity index is 1.55. The molecule has 0 radical (unpaired) electrons. The van der Waals surface area contributed by atoms with Gasteiger partial charge in [-0.2, -0.15) is 0 Å². The molecule has 0 aliphatic carbocycles. The second-order valence-corrected chi connectivity index (χ2v) is 10.4. The highest BCUT2D eigenvalue weighted by Crippen LogP contribution is 2.39. The van der Waals surface area contributed by atoms with Crippen LogP contribution in [-0.4, -0.2) is 101 Å². The standard InChI is InChI=1S/C24H30N6O8S/c1-13(31)37-22-17(9-19(32)34-2)38-24(23(35-3)20(22)27-28-25)39-18-12-36-11-16(21(18)33)30-10-15(26-29-30)14-7-5-4-6-8-14/h4-8,10,16-18,20-24,33H,9,11-12H2,1-3H3/t16-,17+,18+,20-,21+,22-,23+,24-/m0/s1. The van der Waals surface area contributed by atoms with Crippen molar-refractivity contribution >= 4 is 23.7 Å². The fraction of sp³-hybridized carbons (Fsp3) is 0.583. The number of benzene rings is 1. The van der Waals surface area contributed by atoms with Crippen LogP contribution in [0.15, 0.2) is 41.6 Å². The molecule has 1 aromatic heterocycles. The van der Waals surface area contributed by atoms with Crippen LogP contribution in [0.3, 0.4) is 0 Å². The highest BCUT2D eigenvalue weighted by atomic mass is 32.2. The molecule has 1 aromatic carbocycles. The van der Waals surface area contributed by atoms with Crippen LogP contribution in [0.2, 0.25) is 0 Å². The third kappa shape index (κ3) is 6.69. The number of aliphatic hydroxyl groups excluding tert-OH is 1. The summed E-state index contributed by atoms with van der Waals surface area (Å²) >= 11 is 1.21. The monoisotopic (exact) mass is 562 g/mol. The predicted molar refractivity (Wildman–Crippen MR) is 137 cm³/mol. The number of rotatable bonds is 9. The molecule has 8 atom stereocenters. The molecule has 0 saturated carbocycles. The minimum atomic E-state index is -1.09. The molecule has 210 valence electrons. The zero-order chi connectivity index (χ0) is 27.9. The van der Waals surface area contributed by atoms with Crippen LogP contribution in [0.5, 0.6) is 0 Å². The van der Waals surface area contributed by atoms with Crippen LogP contribution in [0.4, 0.5) is 0 Å². The van der Waals surface area contributed by atoms with E-state index in [4.69, 9.17) is 23.7 Å². The molecular weight excluding hydrogens is 532 g/mol. The summed E-state index contributed by atoms with van der Waals surface area (Å²) in [5.41, 5.74) is 9.98. The zero-order valence-corrected chi connectivity index (χ0v) is 22.4. The topological polar surface area (TPSA) is 180 Å². The average Bonchev–Trinajstić information content (AvgIpc) is 3.42. The summed E-state index contributed by atoms with van der Waals surface area (Å²) in [5, 5.41) is 23.1. The van der Waals surface area contributed by atoms with Crippen molar-refractivity contribution in [3.8, 4) is 11.3 Å². The first-order chi connectivity index (χ1) is 18.9. The first kappa shape index (κ1) is 28.8. The van der Waals surface area contributed by atoms with Gasteiger partial charge in [0.05, 0.1) is 44.3 Å². The Morgan fingerprint density at radius 3 is 2.69 bits per heavy atom. The number of hydrogen-bond acceptors (Lipinski definition) is 12. The maximum atomic E-state index is 12.1. The molecule has 2 aliphatic heterocycles. The van der Waals surface area contributed by atoms with E-state index in [1.807, 2.05) is 30.3 Å². The predicted octanol–water partition coefficient (Wildman–Crippen LogP) is 1.89. The number of esters is 2. The lowest BCUT2D eigenvalue weighted by Crippen LogP contribution is -2.59. The molecule has 4 rings (SSSR count). The Morgan fingerprint density at radius 2 is 2.03 bits per heavy atom. The van der Waals surface area contributed by atoms with Crippen molar-refractivity contribution in [2.75, 3.05) is 27.4 Å². The first-order valence-corrected chi connectivity index (χ1v) is 13.2. The van der Waals surface area contributed by atoms with Gasteiger partial charge in [0.2, 0.25) is 0 Å². The van der Waals surface area contributed by atoms with Crippen LogP contribution >= 0.6 is 11.8 Å². The summed E-state index contributed by atoms with van der Waals surface area (Å²) in [6.07, 6.45) is -2.37. The normalized spacial score (nSPS) is 30.7. The zero-order valence-electron chi connectivity index (χ0n) is 21.6. The number of aromatic nitrogens is 3. The summed E-state index contributed by atoms with van der Waals surface area (Å²) in [6.45, 7) is 1.62. The Labute approximate surface area is 228 Å². The van der Waals surface area contributed by atoms with E-state index >= 15 is 0 Å². The van der Waals surface area contributed by atoms with E-state index < -0.39 is 59.1 Å². The van der Waals surface area contributed by atoms with Crippen molar-refractivity contribution in [2.24, 2.45) is 5.11 Å². The second kappa shape index (κ2) is 13.2. The lowest BCUT2D eigenvalue weighted by molar-refractivity contribution is -0.191. The molecule has 3 heterocycles. The van der Waals surface area contributed by atoms with E-state index in [1.54, 1.807) is 10.9 Å². The van der Waals surface area contributed by atoms with Crippen molar-refractivity contribution in [1.82, 2.24) is 15.0 Å². The number of carbonyl (C=O) groups is 2. The minimum Gasteiger partial charge on any atom is -0.469 e. The molecule has 2 aliphatic rings. The maximum Gasteiger partial charge on any atom is 0.308 e. The smallest absolute Gasteiger partial charge is 0.308 e. The fourth-order valence-corrected chi connectivity index (χ4v) is 6.15. The maximum absolute atomic E-state index is 12.1. The van der Waals surface area contributed by atoms with Crippen molar-refractivity contribution in [3.05, 3.63) is 47.0 Å². The van der Waals surface area contributed by atoms with Crippen molar-refractivity contribution in [1.29, 1.82) is 0 Å². The molecule has 2 saturated heterocycles. The van der Waals surface area contributed by atoms with Gasteiger partial charge >= 0.3 is 11.9 Å². The third-order valence-corrected chi connectivity index (χ3v) is 7.96. The molecule has 2 fully saturated rings. The lowest BCUT2D eigenvalue weighted by atomic mass is 9.95. The van der Waals surface area contributed by atoms with Gasteiger partial charge in [0.15, 0.2) is 0 Å². The van der Waals surface area contributed by atoms with Crippen LogP contribution < -0.4 is 0 Å². The number of methoxy groups -OCH3 is 2. The largest absolute Gasteiger partial charge is 0.469 e. The molecule has 1 N–H and O–H groups in total. The number of nitrogens with zero attached hydrogens (tertiary/aromatic N) is 6. The summed E-state index contributed by atoms with van der Waals surface area (Å²) in [7, 11) is 2.63. The van der Waals surface area contributed by atoms with Crippen LogP contribution in [-0.2, 0) is 33.3 Å². The summed E-state index contributed by atoms with van der Waals surface area (Å²) in [5.74, 6) is -1.24. The molecule has 0 bridgehead atoms. The van der Waals surface area contributed by atoms with E-state index in [1.165, 1.54) is 32.9 Å². The number of ether oxygens (including phenoxy) is 5. The number of azide groups is 1. The van der Waals surface area contributed by atoms with Crippen LogP contribution in [0.25, 0.3) is 21.7 Å². The molecule has 0 unspecified atom stereocenters. The summed E-state index contributed by atoms with van der Waals surface area (Å²) < 4.78 is 29.4.